The summed E-state index contributed by atoms with van der Waals surface area (Å²) in [5.74, 6) is 0.541. The number of morpholine rings is 1. The van der Waals surface area contributed by atoms with Crippen molar-refractivity contribution >= 4 is 5.84 Å². The van der Waals surface area contributed by atoms with Crippen LogP contribution < -0.4 is 5.32 Å². The number of hydrogen-bond donors (Lipinski definition) is 2. The van der Waals surface area contributed by atoms with Gasteiger partial charge in [0.1, 0.15) is 5.84 Å². The van der Waals surface area contributed by atoms with Gasteiger partial charge in [-0.2, -0.15) is 0 Å². The second kappa shape index (κ2) is 6.81. The van der Waals surface area contributed by atoms with Crippen LogP contribution in [0.1, 0.15) is 5.56 Å². The normalized spacial score (nSPS) is 15.9. The van der Waals surface area contributed by atoms with Crippen LogP contribution in [-0.4, -0.2) is 37.0 Å². The molecule has 0 aromatic heterocycles. The lowest BCUT2D eigenvalue weighted by Crippen LogP contribution is -2.39. The smallest absolute Gasteiger partial charge is 0.122 e. The highest BCUT2D eigenvalue weighted by Crippen LogP contribution is 1.99. The first kappa shape index (κ1) is 12.6. The van der Waals surface area contributed by atoms with Crippen molar-refractivity contribution in [2.24, 2.45) is 0 Å². The van der Waals surface area contributed by atoms with Crippen LogP contribution in [0.2, 0.25) is 0 Å². The van der Waals surface area contributed by atoms with Gasteiger partial charge in [-0.3, -0.25) is 5.41 Å². The molecule has 2 rings (SSSR count). The maximum Gasteiger partial charge on any atom is 0.122 e. The van der Waals surface area contributed by atoms with Crippen LogP contribution in [0.25, 0.3) is 0 Å². The minimum Gasteiger partial charge on any atom is -0.387 e. The van der Waals surface area contributed by atoms with E-state index >= 15 is 0 Å². The van der Waals surface area contributed by atoms with Crippen molar-refractivity contribution in [1.82, 2.24) is 10.2 Å². The number of amidine groups is 1. The third kappa shape index (κ3) is 3.89. The van der Waals surface area contributed by atoms with Gasteiger partial charge >= 0.3 is 0 Å². The molecule has 1 aromatic carbocycles. The Morgan fingerprint density at radius 2 is 2.00 bits per heavy atom. The molecule has 0 amide bonds. The third-order valence-electron chi connectivity index (χ3n) is 2.86. The average Bonchev–Trinajstić information content (AvgIpc) is 2.45. The maximum atomic E-state index is 7.91. The van der Waals surface area contributed by atoms with Gasteiger partial charge in [-0.05, 0) is 11.6 Å². The molecule has 0 radical (unpaired) electrons. The summed E-state index contributed by atoms with van der Waals surface area (Å²) in [5, 5.41) is 11.1. The molecule has 96 valence electrons. The van der Waals surface area contributed by atoms with Gasteiger partial charge in [0.2, 0.25) is 0 Å². The molecule has 18 heavy (non-hydrogen) atoms. The summed E-state index contributed by atoms with van der Waals surface area (Å²) in [6, 6.07) is 10.2. The van der Waals surface area contributed by atoms with Gasteiger partial charge in [0.25, 0.3) is 0 Å². The fourth-order valence-corrected chi connectivity index (χ4v) is 1.82. The van der Waals surface area contributed by atoms with Crippen molar-refractivity contribution in [2.45, 2.75) is 6.54 Å². The van der Waals surface area contributed by atoms with E-state index in [4.69, 9.17) is 10.1 Å². The zero-order valence-corrected chi connectivity index (χ0v) is 10.4. The summed E-state index contributed by atoms with van der Waals surface area (Å²) in [7, 11) is 0. The molecule has 2 N–H and O–H groups in total. The summed E-state index contributed by atoms with van der Waals surface area (Å²) < 4.78 is 5.26. The SMILES string of the molecule is N=C(/C=C\NCc1ccccc1)N1CCOCC1. The van der Waals surface area contributed by atoms with E-state index in [0.717, 1.165) is 19.6 Å². The number of hydrogen-bond acceptors (Lipinski definition) is 3. The van der Waals surface area contributed by atoms with Gasteiger partial charge in [0.15, 0.2) is 0 Å². The lowest BCUT2D eigenvalue weighted by molar-refractivity contribution is 0.0681. The molecule has 0 spiro atoms. The molecule has 1 aromatic rings. The van der Waals surface area contributed by atoms with E-state index in [9.17, 15) is 0 Å². The molecular weight excluding hydrogens is 226 g/mol. The van der Waals surface area contributed by atoms with E-state index in [2.05, 4.69) is 17.4 Å². The first-order valence-corrected chi connectivity index (χ1v) is 6.21. The van der Waals surface area contributed by atoms with Crippen LogP contribution in [0.3, 0.4) is 0 Å². The van der Waals surface area contributed by atoms with Crippen molar-refractivity contribution in [3.05, 3.63) is 48.2 Å². The van der Waals surface area contributed by atoms with Crippen LogP contribution in [0.5, 0.6) is 0 Å². The standard InChI is InChI=1S/C14H19N3O/c15-14(17-8-10-18-11-9-17)6-7-16-12-13-4-2-1-3-5-13/h1-7,15-16H,8-12H2/b7-6-,15-14?. The molecule has 4 heteroatoms. The van der Waals surface area contributed by atoms with Crippen LogP contribution in [0.4, 0.5) is 0 Å². The maximum absolute atomic E-state index is 7.91. The van der Waals surface area contributed by atoms with Crippen molar-refractivity contribution < 1.29 is 4.74 Å². The number of nitrogens with one attached hydrogen (secondary N) is 2. The number of rotatable bonds is 4. The highest BCUT2D eigenvalue weighted by molar-refractivity contribution is 5.90. The third-order valence-corrected chi connectivity index (χ3v) is 2.86. The van der Waals surface area contributed by atoms with Gasteiger partial charge in [0.05, 0.1) is 13.2 Å². The van der Waals surface area contributed by atoms with Gasteiger partial charge in [-0.25, -0.2) is 0 Å². The molecule has 0 unspecified atom stereocenters. The lowest BCUT2D eigenvalue weighted by atomic mass is 10.2. The molecule has 0 aliphatic carbocycles. The summed E-state index contributed by atoms with van der Waals surface area (Å²) in [6.45, 7) is 3.83. The highest BCUT2D eigenvalue weighted by Gasteiger charge is 2.10. The molecule has 1 aliphatic heterocycles. The first-order valence-electron chi connectivity index (χ1n) is 6.21. The number of benzene rings is 1. The number of ether oxygens (including phenoxy) is 1. The van der Waals surface area contributed by atoms with E-state index in [0.29, 0.717) is 19.0 Å². The Morgan fingerprint density at radius 3 is 2.72 bits per heavy atom. The summed E-state index contributed by atoms with van der Waals surface area (Å²) in [4.78, 5) is 2.02. The van der Waals surface area contributed by atoms with Crippen LogP contribution in [-0.2, 0) is 11.3 Å². The molecule has 1 saturated heterocycles. The van der Waals surface area contributed by atoms with Crippen molar-refractivity contribution in [1.29, 1.82) is 5.41 Å². The molecule has 0 saturated carbocycles. The molecule has 1 fully saturated rings. The Morgan fingerprint density at radius 1 is 1.28 bits per heavy atom. The molecule has 1 heterocycles. The van der Waals surface area contributed by atoms with Crippen molar-refractivity contribution in [3.8, 4) is 0 Å². The van der Waals surface area contributed by atoms with Crippen molar-refractivity contribution in [2.75, 3.05) is 26.3 Å². The lowest BCUT2D eigenvalue weighted by Gasteiger charge is -2.27. The van der Waals surface area contributed by atoms with Crippen LogP contribution in [0, 0.1) is 5.41 Å². The minimum absolute atomic E-state index is 0.541. The van der Waals surface area contributed by atoms with Crippen molar-refractivity contribution in [3.63, 3.8) is 0 Å². The number of nitrogens with zero attached hydrogens (tertiary/aromatic N) is 1. The molecular formula is C14H19N3O. The minimum atomic E-state index is 0.541. The van der Waals surface area contributed by atoms with E-state index in [1.807, 2.05) is 29.3 Å². The topological polar surface area (TPSA) is 48.4 Å². The van der Waals surface area contributed by atoms with Gasteiger partial charge in [-0.1, -0.05) is 30.3 Å². The Labute approximate surface area is 108 Å². The average molecular weight is 245 g/mol. The van der Waals surface area contributed by atoms with Crippen LogP contribution in [0.15, 0.2) is 42.6 Å². The van der Waals surface area contributed by atoms with Gasteiger partial charge < -0.3 is 15.0 Å². The fourth-order valence-electron chi connectivity index (χ4n) is 1.82. The monoisotopic (exact) mass is 245 g/mol. The molecule has 4 nitrogen and oxygen atoms in total. The summed E-state index contributed by atoms with van der Waals surface area (Å²) >= 11 is 0. The predicted octanol–water partition coefficient (Wildman–Crippen LogP) is 1.60. The summed E-state index contributed by atoms with van der Waals surface area (Å²) in [6.07, 6.45) is 3.64. The van der Waals surface area contributed by atoms with E-state index in [-0.39, 0.29) is 0 Å². The second-order valence-corrected chi connectivity index (χ2v) is 4.18. The highest BCUT2D eigenvalue weighted by atomic mass is 16.5. The predicted molar refractivity (Wildman–Crippen MR) is 72.5 cm³/mol. The zero-order chi connectivity index (χ0) is 12.6. The fraction of sp³-hybridized carbons (Fsp3) is 0.357. The molecule has 0 atom stereocenters. The Balaban J connectivity index is 1.72. The quantitative estimate of drug-likeness (QED) is 0.625. The first-order chi connectivity index (χ1) is 8.86. The Kier molecular flexibility index (Phi) is 4.78. The largest absolute Gasteiger partial charge is 0.387 e. The van der Waals surface area contributed by atoms with Gasteiger partial charge in [0, 0.05) is 25.8 Å². The summed E-state index contributed by atoms with van der Waals surface area (Å²) in [5.41, 5.74) is 1.24. The van der Waals surface area contributed by atoms with Crippen LogP contribution >= 0.6 is 0 Å². The second-order valence-electron chi connectivity index (χ2n) is 4.18. The molecule has 1 aliphatic rings. The van der Waals surface area contributed by atoms with E-state index in [1.165, 1.54) is 5.56 Å². The van der Waals surface area contributed by atoms with E-state index < -0.39 is 0 Å². The molecule has 0 bridgehead atoms. The Bertz CT molecular complexity index is 397. The zero-order valence-electron chi connectivity index (χ0n) is 10.4. The van der Waals surface area contributed by atoms with Gasteiger partial charge in [-0.15, -0.1) is 0 Å². The Hall–Kier alpha value is -1.81. The van der Waals surface area contributed by atoms with E-state index in [1.54, 1.807) is 6.08 Å².